The topological polar surface area (TPSA) is 96.0 Å². The van der Waals surface area contributed by atoms with Gasteiger partial charge in [0.2, 0.25) is 11.8 Å². The smallest absolute Gasteiger partial charge is 0.264 e. The Morgan fingerprint density at radius 2 is 1.51 bits per heavy atom. The van der Waals surface area contributed by atoms with Gasteiger partial charge in [0, 0.05) is 12.6 Å². The summed E-state index contributed by atoms with van der Waals surface area (Å²) in [4.78, 5) is 29.0. The van der Waals surface area contributed by atoms with E-state index in [2.05, 4.69) is 5.32 Å². The maximum atomic E-state index is 14.1. The fourth-order valence-electron chi connectivity index (χ4n) is 4.38. The van der Waals surface area contributed by atoms with Crippen molar-refractivity contribution in [2.24, 2.45) is 0 Å². The Kier molecular flexibility index (Phi) is 11.3. The number of carbonyl (C=O) groups excluding carboxylic acids is 2. The molecule has 0 fully saturated rings. The highest BCUT2D eigenvalue weighted by molar-refractivity contribution is 7.92. The number of ether oxygens (including phenoxy) is 1. The molecule has 0 aliphatic rings. The van der Waals surface area contributed by atoms with Crippen molar-refractivity contribution in [1.82, 2.24) is 10.2 Å². The molecule has 0 unspecified atom stereocenters. The molecule has 41 heavy (non-hydrogen) atoms. The summed E-state index contributed by atoms with van der Waals surface area (Å²) >= 11 is 0. The molecular formula is C32H41N3O5S. The van der Waals surface area contributed by atoms with E-state index in [0.29, 0.717) is 24.5 Å². The highest BCUT2D eigenvalue weighted by Crippen LogP contribution is 2.26. The molecule has 0 aromatic heterocycles. The average molecular weight is 580 g/mol. The number of para-hydroxylation sites is 1. The minimum absolute atomic E-state index is 0.0317. The fourth-order valence-corrected chi connectivity index (χ4v) is 5.79. The fraction of sp³-hybridized carbons (Fsp3) is 0.375. The van der Waals surface area contributed by atoms with Crippen LogP contribution in [-0.2, 0) is 26.2 Å². The molecule has 2 atom stereocenters. The zero-order chi connectivity index (χ0) is 30.0. The van der Waals surface area contributed by atoms with E-state index in [1.54, 1.807) is 42.5 Å². The van der Waals surface area contributed by atoms with Gasteiger partial charge in [0.1, 0.15) is 18.3 Å². The van der Waals surface area contributed by atoms with E-state index in [-0.39, 0.29) is 23.4 Å². The van der Waals surface area contributed by atoms with Crippen LogP contribution in [0.2, 0.25) is 0 Å². The van der Waals surface area contributed by atoms with Gasteiger partial charge in [0.25, 0.3) is 10.0 Å². The number of aryl methyl sites for hydroxylation is 1. The number of nitrogens with one attached hydrogen (secondary N) is 1. The highest BCUT2D eigenvalue weighted by Gasteiger charge is 2.34. The van der Waals surface area contributed by atoms with Crippen LogP contribution in [0.1, 0.15) is 51.7 Å². The first kappa shape index (κ1) is 31.7. The van der Waals surface area contributed by atoms with Crippen LogP contribution in [-0.4, -0.2) is 50.4 Å². The van der Waals surface area contributed by atoms with E-state index in [0.717, 1.165) is 21.9 Å². The summed E-state index contributed by atoms with van der Waals surface area (Å²) in [6, 6.07) is 21.6. The van der Waals surface area contributed by atoms with Gasteiger partial charge < -0.3 is 15.0 Å². The Hall–Kier alpha value is -3.85. The number of sulfonamides is 1. The van der Waals surface area contributed by atoms with Crippen molar-refractivity contribution in [3.63, 3.8) is 0 Å². The molecule has 0 aliphatic carbocycles. The quantitative estimate of drug-likeness (QED) is 0.279. The molecule has 0 heterocycles. The van der Waals surface area contributed by atoms with E-state index in [1.807, 2.05) is 58.9 Å². The van der Waals surface area contributed by atoms with Crippen molar-refractivity contribution in [2.45, 2.75) is 71.0 Å². The third-order valence-electron chi connectivity index (χ3n) is 6.91. The van der Waals surface area contributed by atoms with Gasteiger partial charge in [-0.3, -0.25) is 13.9 Å². The van der Waals surface area contributed by atoms with Gasteiger partial charge in [-0.2, -0.15) is 0 Å². The molecule has 9 heteroatoms. The third kappa shape index (κ3) is 8.33. The largest absolute Gasteiger partial charge is 0.494 e. The average Bonchev–Trinajstić information content (AvgIpc) is 2.97. The lowest BCUT2D eigenvalue weighted by atomic mass is 10.1. The second-order valence-electron chi connectivity index (χ2n) is 10.0. The molecule has 3 aromatic rings. The van der Waals surface area contributed by atoms with Crippen molar-refractivity contribution in [2.75, 3.05) is 17.5 Å². The first-order valence-electron chi connectivity index (χ1n) is 14.1. The van der Waals surface area contributed by atoms with Crippen LogP contribution in [0, 0.1) is 6.92 Å². The summed E-state index contributed by atoms with van der Waals surface area (Å²) in [5.74, 6) is -0.186. The first-order chi connectivity index (χ1) is 19.6. The molecule has 0 radical (unpaired) electrons. The second-order valence-corrected chi connectivity index (χ2v) is 11.9. The lowest BCUT2D eigenvalue weighted by Crippen LogP contribution is -2.53. The van der Waals surface area contributed by atoms with Crippen molar-refractivity contribution in [3.8, 4) is 5.75 Å². The van der Waals surface area contributed by atoms with E-state index in [4.69, 9.17) is 4.74 Å². The Bertz CT molecular complexity index is 1380. The summed E-state index contributed by atoms with van der Waals surface area (Å²) in [7, 11) is -4.14. The zero-order valence-electron chi connectivity index (χ0n) is 24.5. The van der Waals surface area contributed by atoms with Gasteiger partial charge in [-0.1, -0.05) is 61.9 Å². The van der Waals surface area contributed by atoms with Crippen LogP contribution in [0.5, 0.6) is 5.75 Å². The van der Waals surface area contributed by atoms with E-state index >= 15 is 0 Å². The molecule has 220 valence electrons. The van der Waals surface area contributed by atoms with E-state index < -0.39 is 28.5 Å². The molecule has 0 saturated heterocycles. The van der Waals surface area contributed by atoms with Crippen LogP contribution in [0.4, 0.5) is 5.69 Å². The number of rotatable bonds is 14. The number of hydrogen-bond acceptors (Lipinski definition) is 5. The molecule has 0 spiro atoms. The van der Waals surface area contributed by atoms with Crippen LogP contribution in [0.25, 0.3) is 0 Å². The number of nitrogens with zero attached hydrogens (tertiary/aromatic N) is 2. The lowest BCUT2D eigenvalue weighted by molar-refractivity contribution is -0.140. The molecule has 2 amide bonds. The van der Waals surface area contributed by atoms with Crippen molar-refractivity contribution < 1.29 is 22.7 Å². The van der Waals surface area contributed by atoms with Crippen molar-refractivity contribution in [1.29, 1.82) is 0 Å². The number of anilines is 1. The van der Waals surface area contributed by atoms with Gasteiger partial charge in [0.05, 0.1) is 17.2 Å². The third-order valence-corrected chi connectivity index (χ3v) is 8.69. The van der Waals surface area contributed by atoms with Gasteiger partial charge in [-0.15, -0.1) is 0 Å². The first-order valence-corrected chi connectivity index (χ1v) is 15.5. The monoisotopic (exact) mass is 579 g/mol. The SMILES string of the molecule is CCOc1ccc(S(=O)(=O)N(CC(=O)N(Cc2ccc(C)cc2)[C@H](CC)C(=O)N[C@@H](C)CC)c2ccccc2)cc1. The summed E-state index contributed by atoms with van der Waals surface area (Å²) in [6.45, 7) is 9.71. The maximum Gasteiger partial charge on any atom is 0.264 e. The molecule has 3 aromatic carbocycles. The molecule has 8 nitrogen and oxygen atoms in total. The van der Waals surface area contributed by atoms with Crippen LogP contribution >= 0.6 is 0 Å². The van der Waals surface area contributed by atoms with Crippen molar-refractivity contribution in [3.05, 3.63) is 90.0 Å². The number of carbonyl (C=O) groups is 2. The van der Waals surface area contributed by atoms with E-state index in [1.165, 1.54) is 17.0 Å². The minimum Gasteiger partial charge on any atom is -0.494 e. The molecular weight excluding hydrogens is 538 g/mol. The second kappa shape index (κ2) is 14.7. The number of hydrogen-bond donors (Lipinski definition) is 1. The zero-order valence-corrected chi connectivity index (χ0v) is 25.4. The molecule has 0 aliphatic heterocycles. The molecule has 3 rings (SSSR count). The van der Waals surface area contributed by atoms with Gasteiger partial charge in [-0.05, 0) is 75.6 Å². The Morgan fingerprint density at radius 3 is 2.07 bits per heavy atom. The van der Waals surface area contributed by atoms with Gasteiger partial charge in [0.15, 0.2) is 0 Å². The predicted molar refractivity (Wildman–Crippen MR) is 162 cm³/mol. The van der Waals surface area contributed by atoms with Crippen LogP contribution < -0.4 is 14.4 Å². The Morgan fingerprint density at radius 1 is 0.878 bits per heavy atom. The number of benzene rings is 3. The summed E-state index contributed by atoms with van der Waals surface area (Å²) in [5.41, 5.74) is 2.27. The van der Waals surface area contributed by atoms with Gasteiger partial charge in [-0.25, -0.2) is 8.42 Å². The summed E-state index contributed by atoms with van der Waals surface area (Å²) < 4.78 is 34.5. The predicted octanol–water partition coefficient (Wildman–Crippen LogP) is 5.31. The van der Waals surface area contributed by atoms with Crippen LogP contribution in [0.15, 0.2) is 83.8 Å². The Balaban J connectivity index is 2.02. The summed E-state index contributed by atoms with van der Waals surface area (Å²) in [5, 5.41) is 2.99. The minimum atomic E-state index is -4.14. The molecule has 0 bridgehead atoms. The highest BCUT2D eigenvalue weighted by atomic mass is 32.2. The van der Waals surface area contributed by atoms with Crippen molar-refractivity contribution >= 4 is 27.5 Å². The Labute approximate surface area is 244 Å². The standard InChI is InChI=1S/C32H41N3O5S/c1-6-25(5)33-32(37)30(7-2)34(22-26-16-14-24(4)15-17-26)31(36)23-35(27-12-10-9-11-13-27)41(38,39)29-20-18-28(19-21-29)40-8-3/h9-21,25,30H,6-8,22-23H2,1-5H3,(H,33,37)/t25-,30+/m0/s1. The van der Waals surface area contributed by atoms with E-state index in [9.17, 15) is 18.0 Å². The number of amides is 2. The summed E-state index contributed by atoms with van der Waals surface area (Å²) in [6.07, 6.45) is 1.12. The normalized spacial score (nSPS) is 12.7. The maximum absolute atomic E-state index is 14.1. The molecule has 1 N–H and O–H groups in total. The lowest BCUT2D eigenvalue weighted by Gasteiger charge is -2.33. The van der Waals surface area contributed by atoms with Gasteiger partial charge >= 0.3 is 0 Å². The van der Waals surface area contributed by atoms with Crippen LogP contribution in [0.3, 0.4) is 0 Å². The molecule has 0 saturated carbocycles.